The highest BCUT2D eigenvalue weighted by molar-refractivity contribution is 5.99. The van der Waals surface area contributed by atoms with E-state index < -0.39 is 0 Å². The van der Waals surface area contributed by atoms with Crippen LogP contribution in [0.4, 0.5) is 0 Å². The number of hydrogen-bond acceptors (Lipinski definition) is 5. The Balaban J connectivity index is 1.93. The lowest BCUT2D eigenvalue weighted by atomic mass is 10.1. The largest absolute Gasteiger partial charge is 0.496 e. The van der Waals surface area contributed by atoms with E-state index in [-0.39, 0.29) is 17.9 Å². The van der Waals surface area contributed by atoms with Gasteiger partial charge in [0.05, 0.1) is 20.3 Å². The summed E-state index contributed by atoms with van der Waals surface area (Å²) in [5.41, 5.74) is 0.348. The summed E-state index contributed by atoms with van der Waals surface area (Å²) in [6.45, 7) is 3.61. The van der Waals surface area contributed by atoms with Crippen LogP contribution in [-0.4, -0.2) is 63.3 Å². The van der Waals surface area contributed by atoms with Crippen molar-refractivity contribution >= 4 is 11.8 Å². The zero-order valence-electron chi connectivity index (χ0n) is 15.0. The van der Waals surface area contributed by atoms with Crippen LogP contribution in [-0.2, 0) is 9.53 Å². The summed E-state index contributed by atoms with van der Waals surface area (Å²) in [5, 5.41) is 2.82. The number of methoxy groups -OCH3 is 2. The van der Waals surface area contributed by atoms with Gasteiger partial charge in [0.25, 0.3) is 5.91 Å². The molecule has 1 aromatic rings. The van der Waals surface area contributed by atoms with Crippen LogP contribution in [0.15, 0.2) is 18.2 Å². The van der Waals surface area contributed by atoms with Gasteiger partial charge >= 0.3 is 0 Å². The number of ether oxygens (including phenoxy) is 3. The maximum atomic E-state index is 12.5. The van der Waals surface area contributed by atoms with Crippen LogP contribution in [0, 0.1) is 0 Å². The summed E-state index contributed by atoms with van der Waals surface area (Å²) < 4.78 is 16.1. The molecule has 1 unspecified atom stereocenters. The van der Waals surface area contributed by atoms with Crippen LogP contribution in [0.5, 0.6) is 11.5 Å². The van der Waals surface area contributed by atoms with Gasteiger partial charge in [0, 0.05) is 33.2 Å². The standard InChI is InChI=1S/C18H26N2O5/c1-13(21)20(12-14-6-5-11-25-14)10-9-19-18(22)17-15(23-2)7-4-8-16(17)24-3/h4,7-8,14H,5-6,9-12H2,1-3H3,(H,19,22). The van der Waals surface area contributed by atoms with Crippen LogP contribution in [0.1, 0.15) is 30.1 Å². The maximum absolute atomic E-state index is 12.5. The first-order chi connectivity index (χ1) is 12.1. The molecule has 7 heteroatoms. The first kappa shape index (κ1) is 19.1. The van der Waals surface area contributed by atoms with Gasteiger partial charge in [0.15, 0.2) is 0 Å². The average molecular weight is 350 g/mol. The minimum atomic E-state index is -0.296. The molecule has 138 valence electrons. The number of nitrogens with zero attached hydrogens (tertiary/aromatic N) is 1. The van der Waals surface area contributed by atoms with Gasteiger partial charge in [0.1, 0.15) is 17.1 Å². The highest BCUT2D eigenvalue weighted by atomic mass is 16.5. The van der Waals surface area contributed by atoms with Crippen molar-refractivity contribution in [2.75, 3.05) is 40.5 Å². The van der Waals surface area contributed by atoms with Gasteiger partial charge in [-0.15, -0.1) is 0 Å². The summed E-state index contributed by atoms with van der Waals surface area (Å²) in [7, 11) is 3.01. The van der Waals surface area contributed by atoms with Crippen molar-refractivity contribution in [2.24, 2.45) is 0 Å². The van der Waals surface area contributed by atoms with E-state index in [0.717, 1.165) is 19.4 Å². The van der Waals surface area contributed by atoms with E-state index in [1.54, 1.807) is 23.1 Å². The van der Waals surface area contributed by atoms with Crippen molar-refractivity contribution in [2.45, 2.75) is 25.9 Å². The predicted molar refractivity (Wildman–Crippen MR) is 93.1 cm³/mol. The van der Waals surface area contributed by atoms with Gasteiger partial charge in [-0.1, -0.05) is 6.07 Å². The number of rotatable bonds is 8. The molecule has 25 heavy (non-hydrogen) atoms. The van der Waals surface area contributed by atoms with Gasteiger partial charge < -0.3 is 24.4 Å². The summed E-state index contributed by atoms with van der Waals surface area (Å²) in [5.74, 6) is 0.564. The average Bonchev–Trinajstić information content (AvgIpc) is 3.12. The van der Waals surface area contributed by atoms with Crippen LogP contribution < -0.4 is 14.8 Å². The molecule has 0 aromatic heterocycles. The van der Waals surface area contributed by atoms with Crippen molar-refractivity contribution in [3.63, 3.8) is 0 Å². The fourth-order valence-electron chi connectivity index (χ4n) is 2.88. The van der Waals surface area contributed by atoms with E-state index in [2.05, 4.69) is 5.32 Å². The first-order valence-electron chi connectivity index (χ1n) is 8.43. The van der Waals surface area contributed by atoms with Crippen LogP contribution in [0.25, 0.3) is 0 Å². The Bertz CT molecular complexity index is 577. The Morgan fingerprint density at radius 3 is 2.48 bits per heavy atom. The molecule has 2 amide bonds. The third-order valence-electron chi connectivity index (χ3n) is 4.22. The summed E-state index contributed by atoms with van der Waals surface area (Å²) in [6.07, 6.45) is 2.09. The second-order valence-corrected chi connectivity index (χ2v) is 5.89. The Morgan fingerprint density at radius 1 is 1.28 bits per heavy atom. The zero-order chi connectivity index (χ0) is 18.2. The van der Waals surface area contributed by atoms with Crippen molar-refractivity contribution in [3.05, 3.63) is 23.8 Å². The van der Waals surface area contributed by atoms with Gasteiger partial charge in [-0.25, -0.2) is 0 Å². The van der Waals surface area contributed by atoms with E-state index in [9.17, 15) is 9.59 Å². The fourth-order valence-corrected chi connectivity index (χ4v) is 2.88. The number of nitrogens with one attached hydrogen (secondary N) is 1. The van der Waals surface area contributed by atoms with E-state index >= 15 is 0 Å². The molecular formula is C18H26N2O5. The molecule has 2 rings (SSSR count). The van der Waals surface area contributed by atoms with Gasteiger partial charge in [-0.2, -0.15) is 0 Å². The molecular weight excluding hydrogens is 324 g/mol. The molecule has 1 fully saturated rings. The molecule has 0 radical (unpaired) electrons. The van der Waals surface area contributed by atoms with E-state index in [1.807, 2.05) is 0 Å². The van der Waals surface area contributed by atoms with Crippen molar-refractivity contribution in [1.82, 2.24) is 10.2 Å². The second-order valence-electron chi connectivity index (χ2n) is 5.89. The van der Waals surface area contributed by atoms with Crippen LogP contribution in [0.3, 0.4) is 0 Å². The number of hydrogen-bond donors (Lipinski definition) is 1. The molecule has 0 spiro atoms. The van der Waals surface area contributed by atoms with E-state index in [0.29, 0.717) is 36.7 Å². The van der Waals surface area contributed by atoms with Crippen molar-refractivity contribution < 1.29 is 23.8 Å². The molecule has 1 atom stereocenters. The molecule has 1 N–H and O–H groups in total. The van der Waals surface area contributed by atoms with Crippen LogP contribution >= 0.6 is 0 Å². The molecule has 1 saturated heterocycles. The normalized spacial score (nSPS) is 16.4. The summed E-state index contributed by atoms with van der Waals surface area (Å²) >= 11 is 0. The lowest BCUT2D eigenvalue weighted by Gasteiger charge is -2.24. The number of carbonyl (C=O) groups excluding carboxylic acids is 2. The Labute approximate surface area is 148 Å². The Kier molecular flexibility index (Phi) is 7.06. The van der Waals surface area contributed by atoms with Gasteiger partial charge in [-0.05, 0) is 25.0 Å². The third-order valence-corrected chi connectivity index (χ3v) is 4.22. The molecule has 1 aromatic carbocycles. The van der Waals surface area contributed by atoms with Crippen LogP contribution in [0.2, 0.25) is 0 Å². The van der Waals surface area contributed by atoms with Gasteiger partial charge in [0.2, 0.25) is 5.91 Å². The third kappa shape index (κ3) is 5.09. The minimum absolute atomic E-state index is 0.0281. The lowest BCUT2D eigenvalue weighted by Crippen LogP contribution is -2.41. The zero-order valence-corrected chi connectivity index (χ0v) is 15.0. The number of benzene rings is 1. The molecule has 0 bridgehead atoms. The summed E-state index contributed by atoms with van der Waals surface area (Å²) in [6, 6.07) is 5.17. The van der Waals surface area contributed by atoms with E-state index in [1.165, 1.54) is 21.1 Å². The molecule has 1 aliphatic rings. The molecule has 0 saturated carbocycles. The lowest BCUT2D eigenvalue weighted by molar-refractivity contribution is -0.130. The topological polar surface area (TPSA) is 77.1 Å². The van der Waals surface area contributed by atoms with E-state index in [4.69, 9.17) is 14.2 Å². The Morgan fingerprint density at radius 2 is 1.96 bits per heavy atom. The number of amides is 2. The monoisotopic (exact) mass is 350 g/mol. The quantitative estimate of drug-likeness (QED) is 0.768. The molecule has 1 aliphatic heterocycles. The minimum Gasteiger partial charge on any atom is -0.496 e. The highest BCUT2D eigenvalue weighted by Crippen LogP contribution is 2.27. The fraction of sp³-hybridized carbons (Fsp3) is 0.556. The first-order valence-corrected chi connectivity index (χ1v) is 8.43. The van der Waals surface area contributed by atoms with Gasteiger partial charge in [-0.3, -0.25) is 9.59 Å². The summed E-state index contributed by atoms with van der Waals surface area (Å²) in [4.78, 5) is 26.0. The molecule has 7 nitrogen and oxygen atoms in total. The molecule has 1 heterocycles. The second kappa shape index (κ2) is 9.27. The Hall–Kier alpha value is -2.28. The van der Waals surface area contributed by atoms with Crippen molar-refractivity contribution in [3.8, 4) is 11.5 Å². The smallest absolute Gasteiger partial charge is 0.258 e. The predicted octanol–water partition coefficient (Wildman–Crippen LogP) is 1.46. The maximum Gasteiger partial charge on any atom is 0.258 e. The number of carbonyl (C=O) groups is 2. The SMILES string of the molecule is COc1cccc(OC)c1C(=O)NCCN(CC1CCCO1)C(C)=O. The highest BCUT2D eigenvalue weighted by Gasteiger charge is 2.22. The van der Waals surface area contributed by atoms with Crippen molar-refractivity contribution in [1.29, 1.82) is 0 Å². The molecule has 0 aliphatic carbocycles.